The molecule has 0 aliphatic heterocycles. The zero-order chi connectivity index (χ0) is 15.2. The summed E-state index contributed by atoms with van der Waals surface area (Å²) in [6.45, 7) is 9.11. The van der Waals surface area contributed by atoms with Crippen LogP contribution >= 0.6 is 0 Å². The van der Waals surface area contributed by atoms with Crippen molar-refractivity contribution in [3.63, 3.8) is 0 Å². The first kappa shape index (κ1) is 15.6. The van der Waals surface area contributed by atoms with Gasteiger partial charge in [0.25, 0.3) is 0 Å². The molecular formula is C18H26N2O. The van der Waals surface area contributed by atoms with E-state index in [1.165, 1.54) is 19.2 Å². The van der Waals surface area contributed by atoms with Crippen LogP contribution in [0.1, 0.15) is 40.5 Å². The van der Waals surface area contributed by atoms with Crippen molar-refractivity contribution in [1.29, 1.82) is 0 Å². The molecule has 114 valence electrons. The summed E-state index contributed by atoms with van der Waals surface area (Å²) in [6.07, 6.45) is 5.59. The van der Waals surface area contributed by atoms with E-state index in [1.807, 2.05) is 6.07 Å². The van der Waals surface area contributed by atoms with E-state index in [2.05, 4.69) is 56.2 Å². The lowest BCUT2D eigenvalue weighted by Crippen LogP contribution is -2.23. The number of aromatic nitrogens is 1. The fourth-order valence-corrected chi connectivity index (χ4v) is 2.71. The van der Waals surface area contributed by atoms with Crippen molar-refractivity contribution in [3.8, 4) is 11.3 Å². The van der Waals surface area contributed by atoms with E-state index in [0.717, 1.165) is 17.0 Å². The normalized spacial score (nSPS) is 11.6. The highest BCUT2D eigenvalue weighted by Crippen LogP contribution is 2.24. The van der Waals surface area contributed by atoms with E-state index < -0.39 is 0 Å². The zero-order valence-electron chi connectivity index (χ0n) is 13.5. The van der Waals surface area contributed by atoms with Crippen LogP contribution in [-0.2, 0) is 0 Å². The number of anilines is 1. The van der Waals surface area contributed by atoms with E-state index in [-0.39, 0.29) is 0 Å². The molecule has 0 bridgehead atoms. The molecule has 0 aliphatic carbocycles. The average molecular weight is 286 g/mol. The predicted molar refractivity (Wildman–Crippen MR) is 88.3 cm³/mol. The van der Waals surface area contributed by atoms with Crippen molar-refractivity contribution >= 4 is 5.69 Å². The summed E-state index contributed by atoms with van der Waals surface area (Å²) < 4.78 is 5.37. The Hall–Kier alpha value is -1.77. The van der Waals surface area contributed by atoms with Gasteiger partial charge in [0.2, 0.25) is 0 Å². The van der Waals surface area contributed by atoms with Crippen LogP contribution in [0.15, 0.2) is 41.3 Å². The summed E-state index contributed by atoms with van der Waals surface area (Å²) in [6, 6.07) is 8.87. The molecule has 0 aliphatic rings. The van der Waals surface area contributed by atoms with E-state index in [1.54, 1.807) is 6.20 Å². The van der Waals surface area contributed by atoms with Crippen LogP contribution in [0, 0.1) is 11.8 Å². The van der Waals surface area contributed by atoms with Crippen LogP contribution in [0.3, 0.4) is 0 Å². The molecule has 0 radical (unpaired) electrons. The maximum absolute atomic E-state index is 5.37. The molecule has 21 heavy (non-hydrogen) atoms. The summed E-state index contributed by atoms with van der Waals surface area (Å²) in [5, 5.41) is 3.68. The van der Waals surface area contributed by atoms with Crippen molar-refractivity contribution < 1.29 is 4.42 Å². The van der Waals surface area contributed by atoms with Gasteiger partial charge in [-0.15, -0.1) is 0 Å². The summed E-state index contributed by atoms with van der Waals surface area (Å²) in [5.41, 5.74) is 2.21. The number of rotatable bonds is 7. The topological polar surface area (TPSA) is 38.1 Å². The first-order valence-corrected chi connectivity index (χ1v) is 7.80. The number of oxazole rings is 1. The fourth-order valence-electron chi connectivity index (χ4n) is 2.71. The molecule has 1 N–H and O–H groups in total. The van der Waals surface area contributed by atoms with Crippen LogP contribution in [0.25, 0.3) is 11.3 Å². The number of hydrogen-bond donors (Lipinski definition) is 1. The Bertz CT molecular complexity index is 522. The Balaban J connectivity index is 2.11. The summed E-state index contributed by atoms with van der Waals surface area (Å²) in [5.74, 6) is 2.19. The quantitative estimate of drug-likeness (QED) is 0.758. The first-order valence-electron chi connectivity index (χ1n) is 7.80. The van der Waals surface area contributed by atoms with Crippen molar-refractivity contribution in [1.82, 2.24) is 4.98 Å². The van der Waals surface area contributed by atoms with Gasteiger partial charge in [-0.25, -0.2) is 4.98 Å². The Labute approximate surface area is 127 Å². The SMILES string of the molecule is CC(C)CC(CC(C)C)Nc1cccc(-c2cnco2)c1. The number of benzene rings is 1. The van der Waals surface area contributed by atoms with E-state index >= 15 is 0 Å². The van der Waals surface area contributed by atoms with Crippen LogP contribution in [0.2, 0.25) is 0 Å². The second-order valence-corrected chi connectivity index (χ2v) is 6.55. The lowest BCUT2D eigenvalue weighted by Gasteiger charge is -2.23. The molecule has 0 spiro atoms. The number of hydrogen-bond acceptors (Lipinski definition) is 3. The van der Waals surface area contributed by atoms with Gasteiger partial charge in [0.15, 0.2) is 12.2 Å². The minimum atomic E-state index is 0.509. The van der Waals surface area contributed by atoms with Gasteiger partial charge in [0, 0.05) is 17.3 Å². The molecular weight excluding hydrogens is 260 g/mol. The molecule has 1 aromatic carbocycles. The first-order chi connectivity index (χ1) is 10.0. The molecule has 0 unspecified atom stereocenters. The van der Waals surface area contributed by atoms with Gasteiger partial charge < -0.3 is 9.73 Å². The van der Waals surface area contributed by atoms with Gasteiger partial charge >= 0.3 is 0 Å². The molecule has 1 heterocycles. The van der Waals surface area contributed by atoms with Crippen LogP contribution < -0.4 is 5.32 Å². The number of nitrogens with zero attached hydrogens (tertiary/aromatic N) is 1. The third kappa shape index (κ3) is 4.92. The lowest BCUT2D eigenvalue weighted by molar-refractivity contribution is 0.442. The van der Waals surface area contributed by atoms with Crippen molar-refractivity contribution in [3.05, 3.63) is 36.9 Å². The van der Waals surface area contributed by atoms with Crippen molar-refractivity contribution in [2.75, 3.05) is 5.32 Å². The van der Waals surface area contributed by atoms with Gasteiger partial charge in [-0.1, -0.05) is 39.8 Å². The summed E-state index contributed by atoms with van der Waals surface area (Å²) >= 11 is 0. The molecule has 0 fully saturated rings. The Morgan fingerprint density at radius 2 is 1.81 bits per heavy atom. The van der Waals surface area contributed by atoms with Crippen LogP contribution in [0.4, 0.5) is 5.69 Å². The summed E-state index contributed by atoms with van der Waals surface area (Å²) in [7, 11) is 0. The fraction of sp³-hybridized carbons (Fsp3) is 0.500. The molecule has 0 amide bonds. The molecule has 3 nitrogen and oxygen atoms in total. The number of nitrogens with one attached hydrogen (secondary N) is 1. The zero-order valence-corrected chi connectivity index (χ0v) is 13.5. The van der Waals surface area contributed by atoms with Crippen molar-refractivity contribution in [2.24, 2.45) is 11.8 Å². The second kappa shape index (κ2) is 7.30. The van der Waals surface area contributed by atoms with Gasteiger partial charge in [0.05, 0.1) is 6.20 Å². The molecule has 0 atom stereocenters. The molecule has 3 heteroatoms. The largest absolute Gasteiger partial charge is 0.444 e. The van der Waals surface area contributed by atoms with E-state index in [9.17, 15) is 0 Å². The predicted octanol–water partition coefficient (Wildman–Crippen LogP) is 5.21. The minimum Gasteiger partial charge on any atom is -0.444 e. The monoisotopic (exact) mass is 286 g/mol. The third-order valence-corrected chi connectivity index (χ3v) is 3.46. The molecule has 0 saturated heterocycles. The molecule has 2 aromatic rings. The van der Waals surface area contributed by atoms with Crippen molar-refractivity contribution in [2.45, 2.75) is 46.6 Å². The smallest absolute Gasteiger partial charge is 0.181 e. The lowest BCUT2D eigenvalue weighted by atomic mass is 9.95. The van der Waals surface area contributed by atoms with E-state index in [0.29, 0.717) is 17.9 Å². The highest BCUT2D eigenvalue weighted by molar-refractivity contribution is 5.63. The van der Waals surface area contributed by atoms with E-state index in [4.69, 9.17) is 4.42 Å². The Morgan fingerprint density at radius 1 is 1.10 bits per heavy atom. The maximum Gasteiger partial charge on any atom is 0.181 e. The average Bonchev–Trinajstić information content (AvgIpc) is 2.91. The Kier molecular flexibility index (Phi) is 5.43. The second-order valence-electron chi connectivity index (χ2n) is 6.55. The van der Waals surface area contributed by atoms with Gasteiger partial charge in [-0.3, -0.25) is 0 Å². The maximum atomic E-state index is 5.37. The van der Waals surface area contributed by atoms with Crippen LogP contribution in [-0.4, -0.2) is 11.0 Å². The Morgan fingerprint density at radius 3 is 2.38 bits per heavy atom. The van der Waals surface area contributed by atoms with Gasteiger partial charge in [0.1, 0.15) is 0 Å². The standard InChI is InChI=1S/C18H26N2O/c1-13(2)8-17(9-14(3)4)20-16-7-5-6-15(10-16)18-11-19-12-21-18/h5-7,10-14,17,20H,8-9H2,1-4H3. The van der Waals surface area contributed by atoms with Gasteiger partial charge in [-0.2, -0.15) is 0 Å². The van der Waals surface area contributed by atoms with Crippen LogP contribution in [0.5, 0.6) is 0 Å². The highest BCUT2D eigenvalue weighted by Gasteiger charge is 2.13. The summed E-state index contributed by atoms with van der Waals surface area (Å²) in [4.78, 5) is 3.98. The molecule has 1 aromatic heterocycles. The highest BCUT2D eigenvalue weighted by atomic mass is 16.3. The third-order valence-electron chi connectivity index (χ3n) is 3.46. The molecule has 0 saturated carbocycles. The van der Waals surface area contributed by atoms with Gasteiger partial charge in [-0.05, 0) is 36.8 Å². The minimum absolute atomic E-state index is 0.509. The molecule has 2 rings (SSSR count).